The van der Waals surface area contributed by atoms with Crippen LogP contribution in [0.25, 0.3) is 0 Å². The van der Waals surface area contributed by atoms with Crippen LogP contribution in [-0.2, 0) is 16.1 Å². The molecule has 24 heavy (non-hydrogen) atoms. The molecule has 1 spiro atoms. The number of hydrogen-bond donors (Lipinski definition) is 2. The average Bonchev–Trinajstić information content (AvgIpc) is 3.07. The van der Waals surface area contributed by atoms with Crippen molar-refractivity contribution < 1.29 is 19.4 Å². The number of piperidine rings is 1. The minimum absolute atomic E-state index is 0.0725. The van der Waals surface area contributed by atoms with E-state index in [1.807, 2.05) is 17.0 Å². The van der Waals surface area contributed by atoms with Crippen LogP contribution in [0.4, 0.5) is 0 Å². The maximum Gasteiger partial charge on any atom is 0.263 e. The van der Waals surface area contributed by atoms with Crippen LogP contribution in [0.3, 0.4) is 0 Å². The second-order valence-electron chi connectivity index (χ2n) is 6.62. The molecular formula is C17H26N2O4S. The molecule has 3 N–H and O–H groups in total. The fraction of sp³-hybridized carbons (Fsp3) is 0.706. The number of aliphatic hydroxyl groups is 1. The number of likely N-dealkylation sites (tertiary alicyclic amines) is 1. The van der Waals surface area contributed by atoms with Gasteiger partial charge in [0.25, 0.3) is 5.91 Å². The van der Waals surface area contributed by atoms with Crippen LogP contribution >= 0.6 is 11.3 Å². The third-order valence-electron chi connectivity index (χ3n) is 5.32. The zero-order valence-electron chi connectivity index (χ0n) is 14.1. The Hall–Kier alpha value is -0.990. The van der Waals surface area contributed by atoms with Gasteiger partial charge in [0.2, 0.25) is 0 Å². The van der Waals surface area contributed by atoms with E-state index in [9.17, 15) is 9.90 Å². The largest absolute Gasteiger partial charge is 0.392 e. The lowest BCUT2D eigenvalue weighted by molar-refractivity contribution is -0.207. The van der Waals surface area contributed by atoms with Gasteiger partial charge in [0, 0.05) is 43.5 Å². The highest BCUT2D eigenvalue weighted by atomic mass is 32.1. The van der Waals surface area contributed by atoms with Gasteiger partial charge >= 0.3 is 0 Å². The number of aliphatic hydroxyl groups excluding tert-OH is 1. The van der Waals surface area contributed by atoms with Gasteiger partial charge in [-0.25, -0.2) is 0 Å². The first-order chi connectivity index (χ1) is 11.6. The van der Waals surface area contributed by atoms with Crippen molar-refractivity contribution >= 4 is 17.2 Å². The van der Waals surface area contributed by atoms with E-state index in [0.29, 0.717) is 39.3 Å². The van der Waals surface area contributed by atoms with Crippen molar-refractivity contribution in [3.05, 3.63) is 21.9 Å². The topological polar surface area (TPSA) is 85.0 Å². The van der Waals surface area contributed by atoms with Crippen molar-refractivity contribution in [3.8, 4) is 0 Å². The van der Waals surface area contributed by atoms with Gasteiger partial charge in [0.05, 0.1) is 30.3 Å². The first kappa shape index (κ1) is 17.8. The van der Waals surface area contributed by atoms with Crippen LogP contribution in [0, 0.1) is 5.41 Å². The molecule has 1 saturated heterocycles. The number of hydrogen-bond acceptors (Lipinski definition) is 6. The third-order valence-corrected chi connectivity index (χ3v) is 6.37. The van der Waals surface area contributed by atoms with Crippen LogP contribution in [0.1, 0.15) is 33.8 Å². The number of thiophene rings is 1. The normalized spacial score (nSPS) is 25.7. The molecule has 1 aliphatic carbocycles. The second-order valence-corrected chi connectivity index (χ2v) is 7.79. The van der Waals surface area contributed by atoms with Crippen molar-refractivity contribution in [2.24, 2.45) is 11.1 Å². The van der Waals surface area contributed by atoms with Crippen molar-refractivity contribution in [3.63, 3.8) is 0 Å². The predicted octanol–water partition coefficient (Wildman–Crippen LogP) is 1.23. The lowest BCUT2D eigenvalue weighted by atomic mass is 9.58. The van der Waals surface area contributed by atoms with Gasteiger partial charge in [-0.3, -0.25) is 4.79 Å². The quantitative estimate of drug-likeness (QED) is 0.802. The lowest BCUT2D eigenvalue weighted by Crippen LogP contribution is -2.62. The van der Waals surface area contributed by atoms with Crippen LogP contribution in [0.2, 0.25) is 0 Å². The Bertz CT molecular complexity index is 569. The molecule has 0 bridgehead atoms. The van der Waals surface area contributed by atoms with Crippen LogP contribution in [-0.4, -0.2) is 61.5 Å². The summed E-state index contributed by atoms with van der Waals surface area (Å²) in [6.07, 6.45) is 1.99. The average molecular weight is 354 g/mol. The summed E-state index contributed by atoms with van der Waals surface area (Å²) in [7, 11) is 1.65. The minimum atomic E-state index is -0.326. The molecule has 1 saturated carbocycles. The molecule has 7 heteroatoms. The Kier molecular flexibility index (Phi) is 5.56. The van der Waals surface area contributed by atoms with Crippen molar-refractivity contribution in [2.45, 2.75) is 38.1 Å². The number of carbonyl (C=O) groups is 1. The molecule has 134 valence electrons. The Morgan fingerprint density at radius 3 is 2.83 bits per heavy atom. The highest BCUT2D eigenvalue weighted by molar-refractivity contribution is 7.14. The van der Waals surface area contributed by atoms with Crippen molar-refractivity contribution in [2.75, 3.05) is 33.4 Å². The summed E-state index contributed by atoms with van der Waals surface area (Å²) in [5.41, 5.74) is 5.32. The highest BCUT2D eigenvalue weighted by Crippen LogP contribution is 2.51. The lowest BCUT2D eigenvalue weighted by Gasteiger charge is -2.56. The summed E-state index contributed by atoms with van der Waals surface area (Å²) in [5.74, 6) is 0.0745. The van der Waals surface area contributed by atoms with Gasteiger partial charge in [0.1, 0.15) is 0 Å². The van der Waals surface area contributed by atoms with E-state index >= 15 is 0 Å². The fourth-order valence-corrected chi connectivity index (χ4v) is 4.77. The first-order valence-corrected chi connectivity index (χ1v) is 9.29. The molecule has 6 nitrogen and oxygen atoms in total. The van der Waals surface area contributed by atoms with E-state index in [2.05, 4.69) is 0 Å². The molecule has 1 amide bonds. The van der Waals surface area contributed by atoms with E-state index < -0.39 is 0 Å². The summed E-state index contributed by atoms with van der Waals surface area (Å²) in [6, 6.07) is 3.82. The molecule has 0 unspecified atom stereocenters. The molecule has 0 aromatic carbocycles. The molecule has 1 aliphatic heterocycles. The molecule has 1 aromatic rings. The fourth-order valence-electron chi connectivity index (χ4n) is 3.82. The third kappa shape index (κ3) is 3.23. The summed E-state index contributed by atoms with van der Waals surface area (Å²) in [4.78, 5) is 16.4. The Balaban J connectivity index is 1.58. The summed E-state index contributed by atoms with van der Waals surface area (Å²) in [6.45, 7) is 2.88. The number of nitrogens with two attached hydrogens (primary N) is 1. The Labute approximate surface area is 146 Å². The van der Waals surface area contributed by atoms with Crippen LogP contribution in [0.15, 0.2) is 12.1 Å². The number of nitrogens with zero attached hydrogens (tertiary/aromatic N) is 1. The van der Waals surface area contributed by atoms with Gasteiger partial charge in [-0.1, -0.05) is 0 Å². The summed E-state index contributed by atoms with van der Waals surface area (Å²) >= 11 is 1.49. The molecular weight excluding hydrogens is 328 g/mol. The van der Waals surface area contributed by atoms with E-state index in [0.717, 1.165) is 22.6 Å². The Morgan fingerprint density at radius 2 is 2.21 bits per heavy atom. The number of amides is 1. The predicted molar refractivity (Wildman–Crippen MR) is 92.0 cm³/mol. The molecule has 0 radical (unpaired) electrons. The zero-order valence-corrected chi connectivity index (χ0v) is 14.9. The van der Waals surface area contributed by atoms with Crippen molar-refractivity contribution in [1.82, 2.24) is 4.90 Å². The Morgan fingerprint density at radius 1 is 1.46 bits per heavy atom. The minimum Gasteiger partial charge on any atom is -0.392 e. The van der Waals surface area contributed by atoms with Crippen LogP contribution < -0.4 is 5.73 Å². The maximum absolute atomic E-state index is 12.7. The van der Waals surface area contributed by atoms with E-state index in [4.69, 9.17) is 15.2 Å². The molecule has 2 fully saturated rings. The van der Waals surface area contributed by atoms with Gasteiger partial charge < -0.3 is 25.2 Å². The van der Waals surface area contributed by atoms with Gasteiger partial charge in [0.15, 0.2) is 0 Å². The molecule has 3 rings (SSSR count). The maximum atomic E-state index is 12.7. The molecule has 2 atom stereocenters. The smallest absolute Gasteiger partial charge is 0.263 e. The standard InChI is InChI=1S/C17H26N2O4S/c1-22-11-12-2-3-13(24-12)16(21)19-7-4-17(5-8-19)14(20)10-15(17)23-9-6-18/h2-3,14-15,20H,4-11,18H2,1H3/t14-,15+/m0/s1. The number of rotatable bonds is 6. The SMILES string of the molecule is COCc1ccc(C(=O)N2CCC3(CC2)[C@@H](O)C[C@H]3OCCN)s1. The van der Waals surface area contributed by atoms with E-state index in [-0.39, 0.29) is 23.5 Å². The van der Waals surface area contributed by atoms with E-state index in [1.165, 1.54) is 11.3 Å². The zero-order chi connectivity index (χ0) is 17.2. The summed E-state index contributed by atoms with van der Waals surface area (Å²) < 4.78 is 10.9. The summed E-state index contributed by atoms with van der Waals surface area (Å²) in [5, 5.41) is 10.3. The molecule has 1 aromatic heterocycles. The van der Waals surface area contributed by atoms with Gasteiger partial charge in [-0.15, -0.1) is 11.3 Å². The second kappa shape index (κ2) is 7.49. The first-order valence-electron chi connectivity index (χ1n) is 8.47. The highest BCUT2D eigenvalue weighted by Gasteiger charge is 2.56. The van der Waals surface area contributed by atoms with E-state index in [1.54, 1.807) is 7.11 Å². The van der Waals surface area contributed by atoms with Gasteiger partial charge in [-0.2, -0.15) is 0 Å². The van der Waals surface area contributed by atoms with Crippen molar-refractivity contribution in [1.29, 1.82) is 0 Å². The molecule has 2 heterocycles. The monoisotopic (exact) mass is 354 g/mol. The number of methoxy groups -OCH3 is 1. The number of ether oxygens (including phenoxy) is 2. The number of carbonyl (C=O) groups excluding carboxylic acids is 1. The van der Waals surface area contributed by atoms with Crippen LogP contribution in [0.5, 0.6) is 0 Å². The molecule has 2 aliphatic rings. The van der Waals surface area contributed by atoms with Gasteiger partial charge in [-0.05, 0) is 25.0 Å².